The van der Waals surface area contributed by atoms with Gasteiger partial charge in [0.15, 0.2) is 5.82 Å². The molecule has 0 saturated carbocycles. The van der Waals surface area contributed by atoms with Gasteiger partial charge in [-0.3, -0.25) is 4.90 Å². The van der Waals surface area contributed by atoms with Crippen molar-refractivity contribution in [1.29, 1.82) is 0 Å². The molecule has 23 heavy (non-hydrogen) atoms. The summed E-state index contributed by atoms with van der Waals surface area (Å²) >= 11 is 12.2. The molecule has 0 aliphatic heterocycles. The zero-order chi connectivity index (χ0) is 17.1. The van der Waals surface area contributed by atoms with Crippen molar-refractivity contribution in [2.75, 3.05) is 31.8 Å². The minimum Gasteiger partial charge on any atom is -0.368 e. The number of aromatic nitrogens is 3. The third-order valence-electron chi connectivity index (χ3n) is 3.53. The largest absolute Gasteiger partial charge is 0.368 e. The van der Waals surface area contributed by atoms with Gasteiger partial charge in [0, 0.05) is 30.7 Å². The smallest absolute Gasteiger partial charge is 0.229 e. The maximum Gasteiger partial charge on any atom is 0.229 e. The molecule has 0 aliphatic carbocycles. The van der Waals surface area contributed by atoms with Gasteiger partial charge in [0.05, 0.1) is 6.04 Å². The monoisotopic (exact) mass is 354 g/mol. The van der Waals surface area contributed by atoms with E-state index >= 15 is 0 Å². The highest BCUT2D eigenvalue weighted by Gasteiger charge is 2.18. The average Bonchev–Trinajstić information content (AvgIpc) is 2.48. The lowest BCUT2D eigenvalue weighted by atomic mass is 10.2. The fourth-order valence-electron chi connectivity index (χ4n) is 2.04. The SMILES string of the molecule is C[C@H](c1nc(N)nc(N(C)C)n1)N(C)Cc1ccc(Cl)cc1Cl. The van der Waals surface area contributed by atoms with Crippen LogP contribution in [-0.4, -0.2) is 41.0 Å². The number of nitrogens with two attached hydrogens (primary N) is 1. The van der Waals surface area contributed by atoms with E-state index in [2.05, 4.69) is 19.9 Å². The Balaban J connectivity index is 2.20. The summed E-state index contributed by atoms with van der Waals surface area (Å²) in [5.41, 5.74) is 6.77. The Morgan fingerprint density at radius 2 is 1.83 bits per heavy atom. The van der Waals surface area contributed by atoms with Gasteiger partial charge < -0.3 is 10.6 Å². The van der Waals surface area contributed by atoms with Gasteiger partial charge in [-0.1, -0.05) is 29.3 Å². The second kappa shape index (κ2) is 7.29. The van der Waals surface area contributed by atoms with Crippen LogP contribution in [0.25, 0.3) is 0 Å². The van der Waals surface area contributed by atoms with E-state index in [1.807, 2.05) is 40.2 Å². The van der Waals surface area contributed by atoms with Crippen LogP contribution in [0.2, 0.25) is 10.0 Å². The van der Waals surface area contributed by atoms with Crippen molar-refractivity contribution in [3.05, 3.63) is 39.6 Å². The summed E-state index contributed by atoms with van der Waals surface area (Å²) in [5, 5.41) is 1.26. The van der Waals surface area contributed by atoms with E-state index < -0.39 is 0 Å². The molecule has 1 aromatic carbocycles. The first-order valence-corrected chi connectivity index (χ1v) is 7.86. The maximum absolute atomic E-state index is 6.24. The van der Waals surface area contributed by atoms with Crippen LogP contribution in [0.1, 0.15) is 24.4 Å². The topological polar surface area (TPSA) is 71.2 Å². The van der Waals surface area contributed by atoms with E-state index in [1.165, 1.54) is 0 Å². The van der Waals surface area contributed by atoms with Gasteiger partial charge in [0.1, 0.15) is 0 Å². The number of halogens is 2. The first kappa shape index (κ1) is 17.7. The summed E-state index contributed by atoms with van der Waals surface area (Å²) in [6, 6.07) is 5.43. The maximum atomic E-state index is 6.24. The first-order valence-electron chi connectivity index (χ1n) is 7.11. The normalized spacial score (nSPS) is 12.5. The van der Waals surface area contributed by atoms with Gasteiger partial charge in [0.25, 0.3) is 0 Å². The van der Waals surface area contributed by atoms with Gasteiger partial charge in [0.2, 0.25) is 11.9 Å². The van der Waals surface area contributed by atoms with Crippen LogP contribution in [0.15, 0.2) is 18.2 Å². The van der Waals surface area contributed by atoms with Gasteiger partial charge >= 0.3 is 0 Å². The Kier molecular flexibility index (Phi) is 5.62. The van der Waals surface area contributed by atoms with Crippen molar-refractivity contribution >= 4 is 35.1 Å². The number of nitrogen functional groups attached to an aromatic ring is 1. The predicted octanol–water partition coefficient (Wildman–Crippen LogP) is 3.02. The van der Waals surface area contributed by atoms with Crippen molar-refractivity contribution in [3.63, 3.8) is 0 Å². The summed E-state index contributed by atoms with van der Waals surface area (Å²) < 4.78 is 0. The standard InChI is InChI=1S/C15H20Cl2N6/c1-9(13-19-14(18)21-15(20-13)22(2)3)23(4)8-10-5-6-11(16)7-12(10)17/h5-7,9H,8H2,1-4H3,(H2,18,19,20,21)/t9-/m1/s1. The lowest BCUT2D eigenvalue weighted by Crippen LogP contribution is -2.25. The lowest BCUT2D eigenvalue weighted by molar-refractivity contribution is 0.243. The van der Waals surface area contributed by atoms with Crippen molar-refractivity contribution in [2.45, 2.75) is 19.5 Å². The summed E-state index contributed by atoms with van der Waals surface area (Å²) in [6.07, 6.45) is 0. The van der Waals surface area contributed by atoms with E-state index in [9.17, 15) is 0 Å². The Labute approximate surface area is 146 Å². The Morgan fingerprint density at radius 1 is 1.13 bits per heavy atom. The number of rotatable bonds is 5. The molecule has 2 rings (SSSR count). The quantitative estimate of drug-likeness (QED) is 0.889. The fourth-order valence-corrected chi connectivity index (χ4v) is 2.51. The highest BCUT2D eigenvalue weighted by atomic mass is 35.5. The molecule has 2 aromatic rings. The minimum absolute atomic E-state index is 0.0502. The van der Waals surface area contributed by atoms with Crippen LogP contribution >= 0.6 is 23.2 Å². The average molecular weight is 355 g/mol. The van der Waals surface area contributed by atoms with E-state index in [4.69, 9.17) is 28.9 Å². The van der Waals surface area contributed by atoms with Gasteiger partial charge in [-0.25, -0.2) is 0 Å². The zero-order valence-corrected chi connectivity index (χ0v) is 15.1. The van der Waals surface area contributed by atoms with Crippen LogP contribution in [-0.2, 0) is 6.54 Å². The molecule has 0 fully saturated rings. The first-order chi connectivity index (χ1) is 10.8. The van der Waals surface area contributed by atoms with Crippen molar-refractivity contribution < 1.29 is 0 Å². The molecule has 0 aliphatic rings. The Bertz CT molecular complexity index is 692. The van der Waals surface area contributed by atoms with E-state index in [-0.39, 0.29) is 12.0 Å². The number of anilines is 2. The van der Waals surface area contributed by atoms with Crippen LogP contribution < -0.4 is 10.6 Å². The molecule has 1 heterocycles. The van der Waals surface area contributed by atoms with Crippen LogP contribution in [0.5, 0.6) is 0 Å². The van der Waals surface area contributed by atoms with Gasteiger partial charge in [-0.2, -0.15) is 15.0 Å². The van der Waals surface area contributed by atoms with Crippen molar-refractivity contribution in [2.24, 2.45) is 0 Å². The van der Waals surface area contributed by atoms with Crippen LogP contribution in [0.4, 0.5) is 11.9 Å². The summed E-state index contributed by atoms with van der Waals surface area (Å²) in [7, 11) is 5.70. The van der Waals surface area contributed by atoms with Crippen LogP contribution in [0, 0.1) is 0 Å². The molecule has 8 heteroatoms. The van der Waals surface area contributed by atoms with Crippen molar-refractivity contribution in [1.82, 2.24) is 19.9 Å². The molecule has 0 saturated heterocycles. The molecule has 124 valence electrons. The molecule has 0 unspecified atom stereocenters. The molecule has 6 nitrogen and oxygen atoms in total. The predicted molar refractivity (Wildman–Crippen MR) is 94.9 cm³/mol. The van der Waals surface area contributed by atoms with Crippen molar-refractivity contribution in [3.8, 4) is 0 Å². The van der Waals surface area contributed by atoms with Gasteiger partial charge in [-0.05, 0) is 31.7 Å². The van der Waals surface area contributed by atoms with Gasteiger partial charge in [-0.15, -0.1) is 0 Å². The van der Waals surface area contributed by atoms with Crippen LogP contribution in [0.3, 0.4) is 0 Å². The Hall–Kier alpha value is -1.63. The second-order valence-corrected chi connectivity index (χ2v) is 6.42. The number of hydrogen-bond acceptors (Lipinski definition) is 6. The highest BCUT2D eigenvalue weighted by Crippen LogP contribution is 2.25. The third kappa shape index (κ3) is 4.43. The molecule has 2 N–H and O–H groups in total. The molecule has 0 bridgehead atoms. The zero-order valence-electron chi connectivity index (χ0n) is 13.6. The van der Waals surface area contributed by atoms with E-state index in [0.717, 1.165) is 5.56 Å². The Morgan fingerprint density at radius 3 is 2.43 bits per heavy atom. The van der Waals surface area contributed by atoms with E-state index in [0.29, 0.717) is 28.4 Å². The highest BCUT2D eigenvalue weighted by molar-refractivity contribution is 6.35. The summed E-state index contributed by atoms with van der Waals surface area (Å²) in [6.45, 7) is 2.65. The molecular formula is C15H20Cl2N6. The number of benzene rings is 1. The lowest BCUT2D eigenvalue weighted by Gasteiger charge is -2.24. The summed E-state index contributed by atoms with van der Waals surface area (Å²) in [5.74, 6) is 1.37. The summed E-state index contributed by atoms with van der Waals surface area (Å²) in [4.78, 5) is 16.7. The third-order valence-corrected chi connectivity index (χ3v) is 4.11. The number of nitrogens with zero attached hydrogens (tertiary/aromatic N) is 5. The molecular weight excluding hydrogens is 335 g/mol. The fraction of sp³-hybridized carbons (Fsp3) is 0.400. The minimum atomic E-state index is -0.0502. The molecule has 0 spiro atoms. The molecule has 1 aromatic heterocycles. The molecule has 1 atom stereocenters. The molecule has 0 radical (unpaired) electrons. The molecule has 0 amide bonds. The van der Waals surface area contributed by atoms with E-state index in [1.54, 1.807) is 11.0 Å². The second-order valence-electron chi connectivity index (χ2n) is 5.57. The number of hydrogen-bond donors (Lipinski definition) is 1.